The van der Waals surface area contributed by atoms with Crippen LogP contribution in [0.1, 0.15) is 28.8 Å². The average molecular weight is 367 g/mol. The first-order chi connectivity index (χ1) is 12.7. The number of pyridine rings is 1. The maximum atomic E-state index is 12.3. The standard InChI is InChI=1S/C19H21N5OS/c1-13-7-15(10-20-8-13)18(25)21-9-14-3-2-5-24(11-14)17-16-4-6-26-19(16)23-12-22-17/h4,6-8,10,12,14H,2-3,5,9,11H2,1H3,(H,21,25). The molecule has 1 aliphatic rings. The van der Waals surface area contributed by atoms with Gasteiger partial charge < -0.3 is 10.2 Å². The van der Waals surface area contributed by atoms with Gasteiger partial charge >= 0.3 is 0 Å². The number of hydrogen-bond acceptors (Lipinski definition) is 6. The number of thiophene rings is 1. The van der Waals surface area contributed by atoms with E-state index in [1.165, 1.54) is 0 Å². The number of carbonyl (C=O) groups excluding carboxylic acids is 1. The lowest BCUT2D eigenvalue weighted by molar-refractivity contribution is 0.0945. The Kier molecular flexibility index (Phi) is 4.79. The Morgan fingerprint density at radius 1 is 1.38 bits per heavy atom. The van der Waals surface area contributed by atoms with E-state index in [0.717, 1.165) is 47.5 Å². The summed E-state index contributed by atoms with van der Waals surface area (Å²) in [5, 5.41) is 6.24. The van der Waals surface area contributed by atoms with Gasteiger partial charge in [-0.1, -0.05) is 0 Å². The van der Waals surface area contributed by atoms with Crippen LogP contribution in [0.2, 0.25) is 0 Å². The number of nitrogens with zero attached hydrogens (tertiary/aromatic N) is 4. The van der Waals surface area contributed by atoms with E-state index in [1.807, 2.05) is 13.0 Å². The van der Waals surface area contributed by atoms with Gasteiger partial charge in [0.25, 0.3) is 5.91 Å². The van der Waals surface area contributed by atoms with Crippen molar-refractivity contribution >= 4 is 33.3 Å². The van der Waals surface area contributed by atoms with Crippen LogP contribution in [0, 0.1) is 12.8 Å². The van der Waals surface area contributed by atoms with Gasteiger partial charge in [-0.2, -0.15) is 0 Å². The lowest BCUT2D eigenvalue weighted by Gasteiger charge is -2.34. The zero-order valence-electron chi connectivity index (χ0n) is 14.7. The first kappa shape index (κ1) is 16.9. The molecular formula is C19H21N5OS. The predicted molar refractivity (Wildman–Crippen MR) is 104 cm³/mol. The number of carbonyl (C=O) groups is 1. The summed E-state index contributed by atoms with van der Waals surface area (Å²) < 4.78 is 0. The van der Waals surface area contributed by atoms with Gasteiger partial charge in [-0.05, 0) is 48.8 Å². The minimum atomic E-state index is -0.0550. The minimum absolute atomic E-state index is 0.0550. The quantitative estimate of drug-likeness (QED) is 0.767. The van der Waals surface area contributed by atoms with Crippen molar-refractivity contribution in [2.45, 2.75) is 19.8 Å². The zero-order chi connectivity index (χ0) is 17.9. The van der Waals surface area contributed by atoms with Gasteiger partial charge in [0, 0.05) is 32.0 Å². The van der Waals surface area contributed by atoms with Crippen molar-refractivity contribution in [3.63, 3.8) is 0 Å². The van der Waals surface area contributed by atoms with E-state index in [4.69, 9.17) is 0 Å². The summed E-state index contributed by atoms with van der Waals surface area (Å²) in [6.45, 7) is 4.50. The van der Waals surface area contributed by atoms with Gasteiger partial charge in [0.15, 0.2) is 0 Å². The van der Waals surface area contributed by atoms with E-state index in [2.05, 4.69) is 36.6 Å². The monoisotopic (exact) mass is 367 g/mol. The second kappa shape index (κ2) is 7.37. The zero-order valence-corrected chi connectivity index (χ0v) is 15.5. The molecule has 1 fully saturated rings. The van der Waals surface area contributed by atoms with Crippen molar-refractivity contribution in [1.29, 1.82) is 0 Å². The summed E-state index contributed by atoms with van der Waals surface area (Å²) >= 11 is 1.64. The van der Waals surface area contributed by atoms with Gasteiger partial charge in [0.05, 0.1) is 10.9 Å². The molecule has 134 valence electrons. The van der Waals surface area contributed by atoms with Crippen molar-refractivity contribution in [3.8, 4) is 0 Å². The molecule has 1 atom stereocenters. The second-order valence-electron chi connectivity index (χ2n) is 6.75. The molecule has 26 heavy (non-hydrogen) atoms. The Bertz CT molecular complexity index is 925. The van der Waals surface area contributed by atoms with Crippen LogP contribution in [-0.2, 0) is 0 Å². The van der Waals surface area contributed by atoms with E-state index in [0.29, 0.717) is 18.0 Å². The lowest BCUT2D eigenvalue weighted by atomic mass is 9.97. The number of nitrogens with one attached hydrogen (secondary N) is 1. The molecule has 0 saturated carbocycles. The van der Waals surface area contributed by atoms with E-state index < -0.39 is 0 Å². The van der Waals surface area contributed by atoms with Crippen molar-refractivity contribution in [1.82, 2.24) is 20.3 Å². The normalized spacial score (nSPS) is 17.4. The molecule has 7 heteroatoms. The number of anilines is 1. The number of piperidine rings is 1. The summed E-state index contributed by atoms with van der Waals surface area (Å²) in [6, 6.07) is 3.95. The highest BCUT2D eigenvalue weighted by atomic mass is 32.1. The largest absolute Gasteiger partial charge is 0.356 e. The molecule has 3 aromatic rings. The number of rotatable bonds is 4. The Balaban J connectivity index is 1.41. The molecule has 4 rings (SSSR count). The molecule has 0 aromatic carbocycles. The Morgan fingerprint density at radius 2 is 2.31 bits per heavy atom. The van der Waals surface area contributed by atoms with Crippen LogP contribution in [0.3, 0.4) is 0 Å². The summed E-state index contributed by atoms with van der Waals surface area (Å²) in [5.41, 5.74) is 1.61. The van der Waals surface area contributed by atoms with E-state index >= 15 is 0 Å². The van der Waals surface area contributed by atoms with E-state index in [9.17, 15) is 4.79 Å². The number of fused-ring (bicyclic) bond motifs is 1. The topological polar surface area (TPSA) is 71.0 Å². The maximum absolute atomic E-state index is 12.3. The van der Waals surface area contributed by atoms with Gasteiger partial charge in [-0.15, -0.1) is 11.3 Å². The molecule has 1 N–H and O–H groups in total. The predicted octanol–water partition coefficient (Wildman–Crippen LogP) is 3.04. The summed E-state index contributed by atoms with van der Waals surface area (Å²) in [5.74, 6) is 1.37. The van der Waals surface area contributed by atoms with Crippen LogP contribution in [0.5, 0.6) is 0 Å². The second-order valence-corrected chi connectivity index (χ2v) is 7.65. The van der Waals surface area contributed by atoms with Gasteiger partial charge in [0.2, 0.25) is 0 Å². The number of aryl methyl sites for hydroxylation is 1. The third-order valence-electron chi connectivity index (χ3n) is 4.75. The van der Waals surface area contributed by atoms with Crippen LogP contribution in [0.25, 0.3) is 10.2 Å². The van der Waals surface area contributed by atoms with Crippen LogP contribution in [0.4, 0.5) is 5.82 Å². The number of hydrogen-bond donors (Lipinski definition) is 1. The first-order valence-electron chi connectivity index (χ1n) is 8.84. The third kappa shape index (κ3) is 3.53. The summed E-state index contributed by atoms with van der Waals surface area (Å²) in [6.07, 6.45) is 7.22. The van der Waals surface area contributed by atoms with Gasteiger partial charge in [0.1, 0.15) is 17.0 Å². The van der Waals surface area contributed by atoms with E-state index in [1.54, 1.807) is 30.1 Å². The van der Waals surface area contributed by atoms with Crippen LogP contribution in [0.15, 0.2) is 36.2 Å². The molecule has 0 aliphatic carbocycles. The molecule has 0 spiro atoms. The van der Waals surface area contributed by atoms with Crippen molar-refractivity contribution in [2.24, 2.45) is 5.92 Å². The molecule has 1 saturated heterocycles. The Labute approximate surface area is 156 Å². The fraction of sp³-hybridized carbons (Fsp3) is 0.368. The van der Waals surface area contributed by atoms with Crippen molar-refractivity contribution in [3.05, 3.63) is 47.4 Å². The highest BCUT2D eigenvalue weighted by Crippen LogP contribution is 2.29. The number of aromatic nitrogens is 3. The molecule has 4 heterocycles. The SMILES string of the molecule is Cc1cncc(C(=O)NCC2CCCN(c3ncnc4sccc34)C2)c1. The summed E-state index contributed by atoms with van der Waals surface area (Å²) in [7, 11) is 0. The molecule has 1 unspecified atom stereocenters. The van der Waals surface area contributed by atoms with Crippen molar-refractivity contribution < 1.29 is 4.79 Å². The van der Waals surface area contributed by atoms with E-state index in [-0.39, 0.29) is 5.91 Å². The highest BCUT2D eigenvalue weighted by molar-refractivity contribution is 7.16. The lowest BCUT2D eigenvalue weighted by Crippen LogP contribution is -2.41. The van der Waals surface area contributed by atoms with Gasteiger partial charge in [-0.3, -0.25) is 9.78 Å². The Morgan fingerprint density at radius 3 is 3.19 bits per heavy atom. The van der Waals surface area contributed by atoms with Crippen molar-refractivity contribution in [2.75, 3.05) is 24.5 Å². The maximum Gasteiger partial charge on any atom is 0.252 e. The van der Waals surface area contributed by atoms with Gasteiger partial charge in [-0.25, -0.2) is 9.97 Å². The minimum Gasteiger partial charge on any atom is -0.356 e. The molecule has 1 aliphatic heterocycles. The molecule has 0 radical (unpaired) electrons. The van der Waals surface area contributed by atoms with Crippen LogP contribution >= 0.6 is 11.3 Å². The fourth-order valence-electron chi connectivity index (χ4n) is 3.47. The average Bonchev–Trinajstić information content (AvgIpc) is 3.15. The Hall–Kier alpha value is -2.54. The third-order valence-corrected chi connectivity index (χ3v) is 5.57. The number of amides is 1. The fourth-order valence-corrected chi connectivity index (χ4v) is 4.20. The smallest absolute Gasteiger partial charge is 0.252 e. The molecule has 1 amide bonds. The first-order valence-corrected chi connectivity index (χ1v) is 9.71. The summed E-state index contributed by atoms with van der Waals surface area (Å²) in [4.78, 5) is 28.6. The highest BCUT2D eigenvalue weighted by Gasteiger charge is 2.23. The molecule has 0 bridgehead atoms. The van der Waals surface area contributed by atoms with Crippen LogP contribution < -0.4 is 10.2 Å². The molecule has 3 aromatic heterocycles. The molecule has 6 nitrogen and oxygen atoms in total. The van der Waals surface area contributed by atoms with Crippen LogP contribution in [-0.4, -0.2) is 40.5 Å². The molecular weight excluding hydrogens is 346 g/mol.